The molecule has 1 aliphatic heterocycles. The van der Waals surface area contributed by atoms with Crippen LogP contribution in [-0.2, 0) is 9.53 Å². The van der Waals surface area contributed by atoms with E-state index >= 15 is 0 Å². The Kier molecular flexibility index (Phi) is 10.4. The lowest BCUT2D eigenvalue weighted by Gasteiger charge is -2.32. The van der Waals surface area contributed by atoms with Crippen molar-refractivity contribution < 1.29 is 9.53 Å². The molecule has 2 N–H and O–H groups in total. The van der Waals surface area contributed by atoms with Crippen LogP contribution < -0.4 is 10.6 Å². The Bertz CT molecular complexity index is 353. The van der Waals surface area contributed by atoms with E-state index in [1.807, 2.05) is 6.92 Å². The first kappa shape index (κ1) is 19.7. The topological polar surface area (TPSA) is 66.0 Å². The fourth-order valence-electron chi connectivity index (χ4n) is 2.78. The molecule has 0 aliphatic carbocycles. The molecule has 0 bridgehead atoms. The minimum Gasteiger partial charge on any atom is -0.466 e. The lowest BCUT2D eigenvalue weighted by atomic mass is 10.1. The summed E-state index contributed by atoms with van der Waals surface area (Å²) in [6.45, 7) is 11.6. The highest BCUT2D eigenvalue weighted by Gasteiger charge is 2.19. The normalized spacial score (nSPS) is 17.1. The summed E-state index contributed by atoms with van der Waals surface area (Å²) in [5.74, 6) is 0.731. The number of aliphatic imine (C=N–C) groups is 1. The van der Waals surface area contributed by atoms with Gasteiger partial charge in [0.2, 0.25) is 0 Å². The number of piperidine rings is 1. The van der Waals surface area contributed by atoms with Crippen LogP contribution in [0.25, 0.3) is 0 Å². The number of ether oxygens (including phenoxy) is 1. The van der Waals surface area contributed by atoms with E-state index in [9.17, 15) is 4.79 Å². The molecule has 1 heterocycles. The molecule has 1 rings (SSSR count). The highest BCUT2D eigenvalue weighted by molar-refractivity contribution is 5.80. The Morgan fingerprint density at radius 3 is 2.61 bits per heavy atom. The Morgan fingerprint density at radius 1 is 1.26 bits per heavy atom. The van der Waals surface area contributed by atoms with Gasteiger partial charge in [0.15, 0.2) is 5.96 Å². The van der Waals surface area contributed by atoms with Crippen LogP contribution in [-0.4, -0.2) is 62.2 Å². The number of hydrogen-bond donors (Lipinski definition) is 2. The number of carbonyl (C=O) groups excluding carboxylic acids is 1. The quantitative estimate of drug-likeness (QED) is 0.292. The number of nitrogens with zero attached hydrogens (tertiary/aromatic N) is 2. The Labute approximate surface area is 141 Å². The van der Waals surface area contributed by atoms with E-state index in [1.165, 1.54) is 13.0 Å². The van der Waals surface area contributed by atoms with Gasteiger partial charge in [0.1, 0.15) is 0 Å². The molecule has 0 aromatic rings. The van der Waals surface area contributed by atoms with Gasteiger partial charge in [-0.2, -0.15) is 0 Å². The van der Waals surface area contributed by atoms with Gasteiger partial charge in [-0.3, -0.25) is 9.79 Å². The summed E-state index contributed by atoms with van der Waals surface area (Å²) < 4.78 is 4.92. The lowest BCUT2D eigenvalue weighted by molar-refractivity contribution is -0.143. The van der Waals surface area contributed by atoms with Gasteiger partial charge < -0.3 is 20.3 Å². The second-order valence-corrected chi connectivity index (χ2v) is 5.93. The summed E-state index contributed by atoms with van der Waals surface area (Å²) in [7, 11) is 0. The van der Waals surface area contributed by atoms with Crippen LogP contribution in [0.15, 0.2) is 4.99 Å². The van der Waals surface area contributed by atoms with Crippen molar-refractivity contribution in [3.63, 3.8) is 0 Å². The maximum absolute atomic E-state index is 11.3. The number of hydrogen-bond acceptors (Lipinski definition) is 4. The second-order valence-electron chi connectivity index (χ2n) is 5.93. The zero-order valence-electron chi connectivity index (χ0n) is 15.1. The van der Waals surface area contributed by atoms with Crippen LogP contribution >= 0.6 is 0 Å². The van der Waals surface area contributed by atoms with E-state index in [2.05, 4.69) is 34.4 Å². The van der Waals surface area contributed by atoms with Crippen LogP contribution in [0.5, 0.6) is 0 Å². The molecule has 6 heteroatoms. The van der Waals surface area contributed by atoms with Crippen LogP contribution in [0.3, 0.4) is 0 Å². The molecule has 0 saturated carbocycles. The first-order chi connectivity index (χ1) is 11.2. The summed E-state index contributed by atoms with van der Waals surface area (Å²) in [6, 6.07) is 0.492. The summed E-state index contributed by atoms with van der Waals surface area (Å²) in [5, 5.41) is 6.82. The van der Waals surface area contributed by atoms with Crippen molar-refractivity contribution in [1.29, 1.82) is 0 Å². The maximum Gasteiger partial charge on any atom is 0.305 e. The maximum atomic E-state index is 11.3. The molecule has 0 atom stereocenters. The molecule has 23 heavy (non-hydrogen) atoms. The van der Waals surface area contributed by atoms with Crippen molar-refractivity contribution in [2.75, 3.05) is 39.3 Å². The fourth-order valence-corrected chi connectivity index (χ4v) is 2.78. The van der Waals surface area contributed by atoms with E-state index < -0.39 is 0 Å². The Balaban J connectivity index is 2.31. The highest BCUT2D eigenvalue weighted by Crippen LogP contribution is 2.10. The monoisotopic (exact) mass is 326 g/mol. The predicted molar refractivity (Wildman–Crippen MR) is 94.7 cm³/mol. The summed E-state index contributed by atoms with van der Waals surface area (Å²) >= 11 is 0. The summed E-state index contributed by atoms with van der Waals surface area (Å²) in [4.78, 5) is 18.4. The van der Waals surface area contributed by atoms with Crippen molar-refractivity contribution in [2.45, 2.75) is 58.9 Å². The molecule has 1 aliphatic rings. The minimum atomic E-state index is -0.135. The number of rotatable bonds is 9. The molecule has 0 radical (unpaired) electrons. The molecule has 0 amide bonds. The number of guanidine groups is 1. The number of esters is 1. The largest absolute Gasteiger partial charge is 0.466 e. The van der Waals surface area contributed by atoms with Crippen molar-refractivity contribution in [3.05, 3.63) is 0 Å². The smallest absolute Gasteiger partial charge is 0.305 e. The van der Waals surface area contributed by atoms with Gasteiger partial charge in [-0.15, -0.1) is 0 Å². The molecule has 134 valence electrons. The molecular weight excluding hydrogens is 292 g/mol. The number of likely N-dealkylation sites (tertiary alicyclic amines) is 1. The van der Waals surface area contributed by atoms with E-state index in [0.29, 0.717) is 25.6 Å². The van der Waals surface area contributed by atoms with Crippen molar-refractivity contribution in [3.8, 4) is 0 Å². The van der Waals surface area contributed by atoms with Crippen molar-refractivity contribution in [1.82, 2.24) is 15.5 Å². The molecule has 0 spiro atoms. The Hall–Kier alpha value is -1.30. The van der Waals surface area contributed by atoms with Crippen LogP contribution in [0.2, 0.25) is 0 Å². The van der Waals surface area contributed by atoms with Crippen LogP contribution in [0.1, 0.15) is 52.9 Å². The average molecular weight is 326 g/mol. The fraction of sp³-hybridized carbons (Fsp3) is 0.882. The standard InChI is InChI=1S/C17H34N4O2/c1-4-12-21-13-9-15(10-14-21)20-17(18-5-2)19-11-7-8-16(22)23-6-3/h15H,4-14H2,1-3H3,(H2,18,19,20). The van der Waals surface area contributed by atoms with Gasteiger partial charge in [0.25, 0.3) is 0 Å². The second kappa shape index (κ2) is 12.2. The van der Waals surface area contributed by atoms with Gasteiger partial charge in [-0.1, -0.05) is 6.92 Å². The molecule has 1 fully saturated rings. The third-order valence-electron chi connectivity index (χ3n) is 3.93. The van der Waals surface area contributed by atoms with E-state index in [-0.39, 0.29) is 5.97 Å². The highest BCUT2D eigenvalue weighted by atomic mass is 16.5. The molecule has 0 aromatic carbocycles. The summed E-state index contributed by atoms with van der Waals surface area (Å²) in [6.07, 6.45) is 4.71. The number of nitrogens with one attached hydrogen (secondary N) is 2. The Morgan fingerprint density at radius 2 is 2.00 bits per heavy atom. The third-order valence-corrected chi connectivity index (χ3v) is 3.93. The van der Waals surface area contributed by atoms with Gasteiger partial charge in [-0.25, -0.2) is 0 Å². The van der Waals surface area contributed by atoms with Crippen LogP contribution in [0, 0.1) is 0 Å². The number of carbonyl (C=O) groups is 1. The first-order valence-corrected chi connectivity index (χ1v) is 9.12. The molecule has 1 saturated heterocycles. The molecular formula is C17H34N4O2. The molecule has 0 unspecified atom stereocenters. The molecule has 0 aromatic heterocycles. The van der Waals surface area contributed by atoms with Crippen LogP contribution in [0.4, 0.5) is 0 Å². The van der Waals surface area contributed by atoms with Crippen molar-refractivity contribution >= 4 is 11.9 Å². The zero-order chi connectivity index (χ0) is 16.9. The van der Waals surface area contributed by atoms with Gasteiger partial charge in [0.05, 0.1) is 6.61 Å². The zero-order valence-corrected chi connectivity index (χ0v) is 15.1. The predicted octanol–water partition coefficient (Wildman–Crippen LogP) is 1.76. The minimum absolute atomic E-state index is 0.135. The van der Waals surface area contributed by atoms with Gasteiger partial charge in [-0.05, 0) is 46.1 Å². The average Bonchev–Trinajstić information content (AvgIpc) is 2.54. The van der Waals surface area contributed by atoms with E-state index in [0.717, 1.165) is 44.9 Å². The van der Waals surface area contributed by atoms with E-state index in [1.54, 1.807) is 0 Å². The first-order valence-electron chi connectivity index (χ1n) is 9.12. The van der Waals surface area contributed by atoms with Gasteiger partial charge >= 0.3 is 5.97 Å². The lowest BCUT2D eigenvalue weighted by Crippen LogP contribution is -2.48. The molecule has 6 nitrogen and oxygen atoms in total. The van der Waals surface area contributed by atoms with Crippen molar-refractivity contribution in [2.24, 2.45) is 4.99 Å². The SMILES string of the molecule is CCCN1CCC(NC(=NCCCC(=O)OCC)NCC)CC1. The third kappa shape index (κ3) is 8.79. The van der Waals surface area contributed by atoms with Gasteiger partial charge in [0, 0.05) is 38.6 Å². The summed E-state index contributed by atoms with van der Waals surface area (Å²) in [5.41, 5.74) is 0. The van der Waals surface area contributed by atoms with E-state index in [4.69, 9.17) is 4.74 Å².